The normalized spacial score (nSPS) is 15.2. The number of hydrogen-bond donors (Lipinski definition) is 1. The van der Waals surface area contributed by atoms with E-state index in [-0.39, 0.29) is 30.2 Å². The standard InChI is InChI=1S/C29H27FN2O4/c1-18(34)36-21-5-7-26(30)23(16-21)20-4-8-27(31-17-20)22-9-10-29(11-12-29)25-6-3-19(15-24(22)25)28(35)32(2)13-14-33/h3-9,15-17,33H,10-14H2,1-2H3. The average molecular weight is 487 g/mol. The number of nitrogens with zero attached hydrogens (tertiary/aromatic N) is 2. The van der Waals surface area contributed by atoms with Crippen LogP contribution in [0.25, 0.3) is 16.7 Å². The van der Waals surface area contributed by atoms with Crippen LogP contribution in [0.5, 0.6) is 5.75 Å². The molecule has 2 aromatic carbocycles. The lowest BCUT2D eigenvalue weighted by molar-refractivity contribution is -0.131. The van der Waals surface area contributed by atoms with Gasteiger partial charge in [0.1, 0.15) is 11.6 Å². The predicted octanol–water partition coefficient (Wildman–Crippen LogP) is 4.74. The Hall–Kier alpha value is -3.84. The zero-order chi connectivity index (χ0) is 25.4. The van der Waals surface area contributed by atoms with E-state index in [1.165, 1.54) is 35.6 Å². The van der Waals surface area contributed by atoms with E-state index in [1.54, 1.807) is 19.3 Å². The Bertz CT molecular complexity index is 1380. The third-order valence-corrected chi connectivity index (χ3v) is 7.01. The monoisotopic (exact) mass is 486 g/mol. The number of halogens is 1. The molecular formula is C29H27FN2O4. The van der Waals surface area contributed by atoms with Gasteiger partial charge in [-0.3, -0.25) is 14.6 Å². The lowest BCUT2D eigenvalue weighted by Crippen LogP contribution is -2.29. The minimum atomic E-state index is -0.474. The van der Waals surface area contributed by atoms with Crippen LogP contribution in [-0.4, -0.2) is 47.1 Å². The molecule has 1 amide bonds. The Balaban J connectivity index is 1.49. The second kappa shape index (κ2) is 9.32. The van der Waals surface area contributed by atoms with Crippen molar-refractivity contribution in [3.05, 3.63) is 89.0 Å². The summed E-state index contributed by atoms with van der Waals surface area (Å²) in [6, 6.07) is 13.7. The Labute approximate surface area is 209 Å². The van der Waals surface area contributed by atoms with Gasteiger partial charge in [0.05, 0.1) is 12.3 Å². The molecule has 1 spiro atoms. The molecule has 0 atom stereocenters. The number of carbonyl (C=O) groups excluding carboxylic acids is 2. The molecular weight excluding hydrogens is 459 g/mol. The van der Waals surface area contributed by atoms with Crippen molar-refractivity contribution in [2.75, 3.05) is 20.2 Å². The number of pyridine rings is 1. The van der Waals surface area contributed by atoms with Crippen LogP contribution in [0.4, 0.5) is 4.39 Å². The number of likely N-dealkylation sites (N-methyl/N-ethyl adjacent to an activating group) is 1. The van der Waals surface area contributed by atoms with Crippen LogP contribution in [0.3, 0.4) is 0 Å². The number of ether oxygens (including phenoxy) is 1. The number of carbonyl (C=O) groups is 2. The van der Waals surface area contributed by atoms with Gasteiger partial charge in [0.15, 0.2) is 0 Å². The lowest BCUT2D eigenvalue weighted by Gasteiger charge is -2.26. The van der Waals surface area contributed by atoms with Crippen molar-refractivity contribution in [3.63, 3.8) is 0 Å². The van der Waals surface area contributed by atoms with E-state index in [4.69, 9.17) is 4.74 Å². The van der Waals surface area contributed by atoms with Crippen LogP contribution in [0.2, 0.25) is 0 Å². The summed E-state index contributed by atoms with van der Waals surface area (Å²) in [5, 5.41) is 9.21. The maximum atomic E-state index is 14.5. The van der Waals surface area contributed by atoms with E-state index in [0.29, 0.717) is 16.7 Å². The van der Waals surface area contributed by atoms with Gasteiger partial charge in [0, 0.05) is 49.0 Å². The first-order valence-corrected chi connectivity index (χ1v) is 12.0. The summed E-state index contributed by atoms with van der Waals surface area (Å²) in [5.74, 6) is -0.788. The molecule has 0 bridgehead atoms. The van der Waals surface area contributed by atoms with E-state index in [2.05, 4.69) is 17.1 Å². The summed E-state index contributed by atoms with van der Waals surface area (Å²) in [6.07, 6.45) is 6.94. The van der Waals surface area contributed by atoms with Crippen LogP contribution in [0.1, 0.15) is 53.4 Å². The minimum absolute atomic E-state index is 0.0951. The summed E-state index contributed by atoms with van der Waals surface area (Å²) >= 11 is 0. The highest BCUT2D eigenvalue weighted by molar-refractivity contribution is 5.96. The molecule has 2 aliphatic carbocycles. The van der Waals surface area contributed by atoms with Crippen LogP contribution in [0, 0.1) is 5.82 Å². The van der Waals surface area contributed by atoms with Crippen LogP contribution in [0.15, 0.2) is 60.8 Å². The summed E-state index contributed by atoms with van der Waals surface area (Å²) < 4.78 is 19.6. The zero-order valence-corrected chi connectivity index (χ0v) is 20.3. The second-order valence-corrected chi connectivity index (χ2v) is 9.48. The van der Waals surface area contributed by atoms with E-state index in [0.717, 1.165) is 36.1 Å². The number of aromatic nitrogens is 1. The number of fused-ring (bicyclic) bond motifs is 2. The predicted molar refractivity (Wildman–Crippen MR) is 134 cm³/mol. The molecule has 0 radical (unpaired) electrons. The molecule has 0 saturated heterocycles. The Morgan fingerprint density at radius 1 is 1.11 bits per heavy atom. The van der Waals surface area contributed by atoms with E-state index in [9.17, 15) is 19.1 Å². The molecule has 3 aromatic rings. The van der Waals surface area contributed by atoms with Crippen LogP contribution < -0.4 is 4.74 Å². The first kappa shape index (κ1) is 23.9. The zero-order valence-electron chi connectivity index (χ0n) is 20.3. The Kier molecular flexibility index (Phi) is 6.18. The number of esters is 1. The fourth-order valence-electron chi connectivity index (χ4n) is 4.89. The van der Waals surface area contributed by atoms with Gasteiger partial charge in [0.25, 0.3) is 5.91 Å². The fourth-order valence-corrected chi connectivity index (χ4v) is 4.89. The molecule has 1 heterocycles. The number of amides is 1. The molecule has 36 heavy (non-hydrogen) atoms. The Morgan fingerprint density at radius 3 is 2.58 bits per heavy atom. The maximum absolute atomic E-state index is 14.5. The van der Waals surface area contributed by atoms with E-state index in [1.807, 2.05) is 18.2 Å². The third-order valence-electron chi connectivity index (χ3n) is 7.01. The van der Waals surface area contributed by atoms with Gasteiger partial charge in [0.2, 0.25) is 0 Å². The quantitative estimate of drug-likeness (QED) is 0.402. The highest BCUT2D eigenvalue weighted by Crippen LogP contribution is 2.56. The number of allylic oxidation sites excluding steroid dienone is 1. The van der Waals surface area contributed by atoms with Gasteiger partial charge in [-0.05, 0) is 72.2 Å². The highest BCUT2D eigenvalue weighted by Gasteiger charge is 2.47. The van der Waals surface area contributed by atoms with Gasteiger partial charge < -0.3 is 14.7 Å². The molecule has 0 unspecified atom stereocenters. The van der Waals surface area contributed by atoms with Crippen molar-refractivity contribution in [2.45, 2.75) is 31.6 Å². The summed E-state index contributed by atoms with van der Waals surface area (Å²) in [4.78, 5) is 30.3. The molecule has 0 aliphatic heterocycles. The van der Waals surface area contributed by atoms with E-state index < -0.39 is 11.8 Å². The number of benzene rings is 2. The summed E-state index contributed by atoms with van der Waals surface area (Å²) in [5.41, 5.74) is 5.46. The summed E-state index contributed by atoms with van der Waals surface area (Å²) in [6.45, 7) is 1.47. The smallest absolute Gasteiger partial charge is 0.308 e. The van der Waals surface area contributed by atoms with Gasteiger partial charge in [-0.1, -0.05) is 18.2 Å². The SMILES string of the molecule is CC(=O)Oc1ccc(F)c(-c2ccc(C3=CCC4(CC4)c4ccc(C(=O)N(C)CCO)cc43)nc2)c1. The molecule has 1 aromatic heterocycles. The van der Waals surface area contributed by atoms with Gasteiger partial charge >= 0.3 is 5.97 Å². The van der Waals surface area contributed by atoms with Gasteiger partial charge in [-0.25, -0.2) is 4.39 Å². The van der Waals surface area contributed by atoms with Crippen molar-refractivity contribution in [1.29, 1.82) is 0 Å². The summed E-state index contributed by atoms with van der Waals surface area (Å²) in [7, 11) is 1.67. The maximum Gasteiger partial charge on any atom is 0.308 e. The van der Waals surface area contributed by atoms with Crippen molar-refractivity contribution >= 4 is 17.4 Å². The van der Waals surface area contributed by atoms with Crippen molar-refractivity contribution in [2.24, 2.45) is 0 Å². The third kappa shape index (κ3) is 4.42. The first-order valence-electron chi connectivity index (χ1n) is 12.0. The molecule has 1 saturated carbocycles. The lowest BCUT2D eigenvalue weighted by atomic mass is 9.78. The number of aliphatic hydroxyl groups excluding tert-OH is 1. The molecule has 6 nitrogen and oxygen atoms in total. The topological polar surface area (TPSA) is 79.7 Å². The van der Waals surface area contributed by atoms with Crippen molar-refractivity contribution in [1.82, 2.24) is 9.88 Å². The highest BCUT2D eigenvalue weighted by atomic mass is 19.1. The van der Waals surface area contributed by atoms with Crippen LogP contribution >= 0.6 is 0 Å². The molecule has 184 valence electrons. The molecule has 1 N–H and O–H groups in total. The van der Waals surface area contributed by atoms with Gasteiger partial charge in [-0.15, -0.1) is 0 Å². The van der Waals surface area contributed by atoms with Gasteiger partial charge in [-0.2, -0.15) is 0 Å². The molecule has 7 heteroatoms. The molecule has 5 rings (SSSR count). The van der Waals surface area contributed by atoms with Crippen molar-refractivity contribution < 1.29 is 23.8 Å². The van der Waals surface area contributed by atoms with Crippen LogP contribution in [-0.2, 0) is 10.2 Å². The first-order chi connectivity index (χ1) is 17.3. The van der Waals surface area contributed by atoms with E-state index >= 15 is 0 Å². The fraction of sp³-hybridized carbons (Fsp3) is 0.276. The second-order valence-electron chi connectivity index (χ2n) is 9.48. The largest absolute Gasteiger partial charge is 0.427 e. The number of rotatable bonds is 6. The van der Waals surface area contributed by atoms with Crippen molar-refractivity contribution in [3.8, 4) is 16.9 Å². The Morgan fingerprint density at radius 2 is 1.92 bits per heavy atom. The molecule has 2 aliphatic rings. The number of hydrogen-bond acceptors (Lipinski definition) is 5. The molecule has 1 fully saturated rings. The average Bonchev–Trinajstić information content (AvgIpc) is 3.65. The minimum Gasteiger partial charge on any atom is -0.427 e. The number of aliphatic hydroxyl groups is 1.